The first-order valence-corrected chi connectivity index (χ1v) is 6.58. The van der Waals surface area contributed by atoms with Gasteiger partial charge in [0.25, 0.3) is 5.91 Å². The van der Waals surface area contributed by atoms with Crippen molar-refractivity contribution >= 4 is 23.2 Å². The van der Waals surface area contributed by atoms with E-state index >= 15 is 0 Å². The van der Waals surface area contributed by atoms with Gasteiger partial charge in [-0.2, -0.15) is 5.10 Å². The maximum atomic E-state index is 12.1. The molecule has 2 aliphatic rings. The van der Waals surface area contributed by atoms with Crippen molar-refractivity contribution in [3.8, 4) is 5.75 Å². The summed E-state index contributed by atoms with van der Waals surface area (Å²) in [6.07, 6.45) is 3.26. The number of aromatic amines is 1. The van der Waals surface area contributed by atoms with Gasteiger partial charge in [0.15, 0.2) is 5.82 Å². The molecule has 21 heavy (non-hydrogen) atoms. The number of carbonyl (C=O) groups excluding carboxylic acids is 1. The topological polar surface area (TPSA) is 92.4 Å². The lowest BCUT2D eigenvalue weighted by Gasteiger charge is -2.09. The van der Waals surface area contributed by atoms with Crippen molar-refractivity contribution in [1.82, 2.24) is 15.2 Å². The van der Waals surface area contributed by atoms with Crippen molar-refractivity contribution in [2.75, 3.05) is 18.5 Å². The monoisotopic (exact) mass is 284 g/mol. The zero-order valence-electron chi connectivity index (χ0n) is 11.0. The summed E-state index contributed by atoms with van der Waals surface area (Å²) in [7, 11) is 0. The summed E-state index contributed by atoms with van der Waals surface area (Å²) in [6, 6.07) is 5.53. The van der Waals surface area contributed by atoms with Crippen molar-refractivity contribution in [3.63, 3.8) is 0 Å². The summed E-state index contributed by atoms with van der Waals surface area (Å²) < 4.78 is 10.9. The summed E-state index contributed by atoms with van der Waals surface area (Å²) in [6.45, 7) is 1.21. The number of fused-ring (bicyclic) bond motifs is 1. The van der Waals surface area contributed by atoms with Crippen LogP contribution >= 0.6 is 0 Å². The number of ether oxygens (including phenoxy) is 2. The maximum absolute atomic E-state index is 12.1. The second kappa shape index (κ2) is 4.71. The Balaban J connectivity index is 1.73. The molecule has 106 valence electrons. The smallest absolute Gasteiger partial charge is 0.256 e. The molecule has 0 radical (unpaired) electrons. The van der Waals surface area contributed by atoms with Gasteiger partial charge in [-0.15, -0.1) is 0 Å². The molecule has 0 bridgehead atoms. The van der Waals surface area contributed by atoms with E-state index in [0.29, 0.717) is 23.8 Å². The van der Waals surface area contributed by atoms with Gasteiger partial charge in [-0.25, -0.2) is 4.98 Å². The maximum Gasteiger partial charge on any atom is 0.256 e. The van der Waals surface area contributed by atoms with E-state index in [1.165, 1.54) is 6.33 Å². The molecule has 3 heterocycles. The molecule has 1 amide bonds. The average molecular weight is 284 g/mol. The summed E-state index contributed by atoms with van der Waals surface area (Å²) in [4.78, 5) is 16.2. The van der Waals surface area contributed by atoms with Crippen LogP contribution in [0, 0.1) is 0 Å². The zero-order chi connectivity index (χ0) is 14.2. The quantitative estimate of drug-likeness (QED) is 0.647. The molecule has 2 aromatic rings. The summed E-state index contributed by atoms with van der Waals surface area (Å²) >= 11 is 0. The van der Waals surface area contributed by atoms with Gasteiger partial charge in [-0.3, -0.25) is 9.89 Å². The first-order chi connectivity index (χ1) is 10.3. The number of rotatable bonds is 4. The van der Waals surface area contributed by atoms with E-state index in [4.69, 9.17) is 9.47 Å². The van der Waals surface area contributed by atoms with Crippen molar-refractivity contribution < 1.29 is 14.3 Å². The lowest BCUT2D eigenvalue weighted by atomic mass is 10.1. The Morgan fingerprint density at radius 1 is 1.48 bits per heavy atom. The molecule has 1 aromatic carbocycles. The molecule has 0 aliphatic carbocycles. The SMILES string of the molecule is O=C1Nc2cccc(OCC3CO3)c2/C1=C/c1nc[nH]n1. The first-order valence-electron chi connectivity index (χ1n) is 6.58. The molecule has 2 aliphatic heterocycles. The van der Waals surface area contributed by atoms with Gasteiger partial charge in [0.2, 0.25) is 0 Å². The minimum Gasteiger partial charge on any atom is -0.490 e. The van der Waals surface area contributed by atoms with Gasteiger partial charge in [0.05, 0.1) is 23.4 Å². The molecule has 1 atom stereocenters. The number of carbonyl (C=O) groups is 1. The number of nitrogens with one attached hydrogen (secondary N) is 2. The van der Waals surface area contributed by atoms with Gasteiger partial charge in [-0.05, 0) is 18.2 Å². The largest absolute Gasteiger partial charge is 0.490 e. The molecule has 1 fully saturated rings. The Morgan fingerprint density at radius 3 is 3.14 bits per heavy atom. The van der Waals surface area contributed by atoms with Crippen LogP contribution in [0.25, 0.3) is 11.6 Å². The van der Waals surface area contributed by atoms with Crippen LogP contribution in [0.15, 0.2) is 24.5 Å². The molecule has 0 spiro atoms. The molecule has 2 N–H and O–H groups in total. The predicted molar refractivity (Wildman–Crippen MR) is 74.6 cm³/mol. The Hall–Kier alpha value is -2.67. The number of H-pyrrole nitrogens is 1. The van der Waals surface area contributed by atoms with Gasteiger partial charge >= 0.3 is 0 Å². The number of hydrogen-bond acceptors (Lipinski definition) is 5. The highest BCUT2D eigenvalue weighted by Crippen LogP contribution is 2.39. The first kappa shape index (κ1) is 12.1. The third-order valence-electron chi connectivity index (χ3n) is 3.32. The highest BCUT2D eigenvalue weighted by molar-refractivity contribution is 6.35. The lowest BCUT2D eigenvalue weighted by molar-refractivity contribution is -0.110. The lowest BCUT2D eigenvalue weighted by Crippen LogP contribution is -2.06. The Labute approximate surface area is 120 Å². The van der Waals surface area contributed by atoms with Crippen molar-refractivity contribution in [1.29, 1.82) is 0 Å². The van der Waals surface area contributed by atoms with Crippen LogP contribution < -0.4 is 10.1 Å². The predicted octanol–water partition coefficient (Wildman–Crippen LogP) is 1.07. The van der Waals surface area contributed by atoms with E-state index in [9.17, 15) is 4.79 Å². The van der Waals surface area contributed by atoms with E-state index in [2.05, 4.69) is 20.5 Å². The minimum atomic E-state index is -0.187. The van der Waals surface area contributed by atoms with Crippen LogP contribution in [0.3, 0.4) is 0 Å². The zero-order valence-corrected chi connectivity index (χ0v) is 11.0. The third-order valence-corrected chi connectivity index (χ3v) is 3.32. The van der Waals surface area contributed by atoms with E-state index in [1.54, 1.807) is 6.08 Å². The van der Waals surface area contributed by atoms with Crippen molar-refractivity contribution in [3.05, 3.63) is 35.9 Å². The second-order valence-electron chi connectivity index (χ2n) is 4.81. The number of hydrogen-bond donors (Lipinski definition) is 2. The number of anilines is 1. The van der Waals surface area contributed by atoms with Crippen LogP contribution in [0.4, 0.5) is 5.69 Å². The number of aromatic nitrogens is 3. The van der Waals surface area contributed by atoms with Gasteiger partial charge < -0.3 is 14.8 Å². The molecule has 0 saturated carbocycles. The molecule has 1 saturated heterocycles. The molecule has 1 aromatic heterocycles. The molecular formula is C14H12N4O3. The number of epoxide rings is 1. The fourth-order valence-electron chi connectivity index (χ4n) is 2.24. The second-order valence-corrected chi connectivity index (χ2v) is 4.81. The van der Waals surface area contributed by atoms with Crippen LogP contribution in [-0.2, 0) is 9.53 Å². The summed E-state index contributed by atoms with van der Waals surface area (Å²) in [5.41, 5.74) is 1.97. The van der Waals surface area contributed by atoms with Crippen LogP contribution in [0.1, 0.15) is 11.4 Å². The normalized spacial score (nSPS) is 21.2. The van der Waals surface area contributed by atoms with Gasteiger partial charge in [0.1, 0.15) is 24.8 Å². The highest BCUT2D eigenvalue weighted by atomic mass is 16.6. The standard InChI is InChI=1S/C14H12N4O3/c19-14-9(4-12-15-7-16-18-12)13-10(17-14)2-1-3-11(13)21-6-8-5-20-8/h1-4,7-8H,5-6H2,(H,17,19)(H,15,16,18)/b9-4-. The van der Waals surface area contributed by atoms with Crippen LogP contribution in [0.2, 0.25) is 0 Å². The minimum absolute atomic E-state index is 0.159. The molecule has 7 heteroatoms. The number of amides is 1. The van der Waals surface area contributed by atoms with Gasteiger partial charge in [-0.1, -0.05) is 6.07 Å². The fraction of sp³-hybridized carbons (Fsp3) is 0.214. The number of benzene rings is 1. The molecule has 1 unspecified atom stereocenters. The van der Waals surface area contributed by atoms with E-state index in [0.717, 1.165) is 17.9 Å². The Kier molecular flexibility index (Phi) is 2.71. The van der Waals surface area contributed by atoms with E-state index in [-0.39, 0.29) is 12.0 Å². The van der Waals surface area contributed by atoms with E-state index in [1.807, 2.05) is 18.2 Å². The molecule has 7 nitrogen and oxygen atoms in total. The highest BCUT2D eigenvalue weighted by Gasteiger charge is 2.29. The Morgan fingerprint density at radius 2 is 2.38 bits per heavy atom. The summed E-state index contributed by atoms with van der Waals surface area (Å²) in [5.74, 6) is 0.921. The van der Waals surface area contributed by atoms with Crippen molar-refractivity contribution in [2.45, 2.75) is 6.10 Å². The number of nitrogens with zero attached hydrogens (tertiary/aromatic N) is 2. The molecular weight excluding hydrogens is 272 g/mol. The van der Waals surface area contributed by atoms with Gasteiger partial charge in [0, 0.05) is 0 Å². The van der Waals surface area contributed by atoms with E-state index < -0.39 is 0 Å². The Bertz CT molecular complexity index is 720. The fourth-order valence-corrected chi connectivity index (χ4v) is 2.24. The molecule has 4 rings (SSSR count). The van der Waals surface area contributed by atoms with Crippen LogP contribution in [-0.4, -0.2) is 40.4 Å². The average Bonchev–Trinajstić information content (AvgIpc) is 3.07. The van der Waals surface area contributed by atoms with Crippen LogP contribution in [0.5, 0.6) is 5.75 Å². The van der Waals surface area contributed by atoms with Crippen molar-refractivity contribution in [2.24, 2.45) is 0 Å². The summed E-state index contributed by atoms with van der Waals surface area (Å²) in [5, 5.41) is 9.39. The third kappa shape index (κ3) is 2.27.